The number of hydrogen-bond acceptors (Lipinski definition) is 4. The number of aliphatic carboxylic acids is 1. The number of carboxylic acid groups (broad SMARTS) is 1. The Morgan fingerprint density at radius 1 is 1.50 bits per heavy atom. The van der Waals surface area contributed by atoms with Gasteiger partial charge in [-0.2, -0.15) is 0 Å². The van der Waals surface area contributed by atoms with Gasteiger partial charge in [0.1, 0.15) is 0 Å². The third-order valence-electron chi connectivity index (χ3n) is 2.69. The van der Waals surface area contributed by atoms with E-state index in [0.717, 1.165) is 12.8 Å². The van der Waals surface area contributed by atoms with Crippen LogP contribution in [0.15, 0.2) is 0 Å². The molecule has 3 atom stereocenters. The van der Waals surface area contributed by atoms with Crippen LogP contribution in [0, 0.1) is 5.92 Å². The van der Waals surface area contributed by atoms with Gasteiger partial charge in [-0.3, -0.25) is 4.79 Å². The molecule has 6 heteroatoms. The summed E-state index contributed by atoms with van der Waals surface area (Å²) in [5, 5.41) is 8.65. The summed E-state index contributed by atoms with van der Waals surface area (Å²) in [5.74, 6) is -2.31. The largest absolute Gasteiger partial charge is 0.481 e. The summed E-state index contributed by atoms with van der Waals surface area (Å²) < 4.78 is 28.7. The van der Waals surface area contributed by atoms with E-state index in [2.05, 4.69) is 0 Å². The number of rotatable bonds is 5. The van der Waals surface area contributed by atoms with E-state index in [1.165, 1.54) is 6.92 Å². The Hall–Kier alpha value is -0.620. The molecular weight excluding hydrogens is 232 g/mol. The summed E-state index contributed by atoms with van der Waals surface area (Å²) >= 11 is 0. The molecule has 0 aromatic rings. The normalized spacial score (nSPS) is 27.9. The number of carboxylic acids is 1. The van der Waals surface area contributed by atoms with E-state index in [4.69, 9.17) is 9.84 Å². The summed E-state index contributed by atoms with van der Waals surface area (Å²) in [7, 11) is -3.34. The topological polar surface area (TPSA) is 80.7 Å². The molecule has 5 nitrogen and oxygen atoms in total. The summed E-state index contributed by atoms with van der Waals surface area (Å²) in [6, 6.07) is 0. The van der Waals surface area contributed by atoms with Gasteiger partial charge < -0.3 is 9.84 Å². The van der Waals surface area contributed by atoms with E-state index >= 15 is 0 Å². The highest BCUT2D eigenvalue weighted by Gasteiger charge is 2.29. The predicted molar refractivity (Wildman–Crippen MR) is 59.0 cm³/mol. The Bertz CT molecular complexity index is 348. The molecule has 1 aliphatic heterocycles. The number of ether oxygens (including phenoxy) is 1. The lowest BCUT2D eigenvalue weighted by Gasteiger charge is -2.13. The maximum Gasteiger partial charge on any atom is 0.307 e. The van der Waals surface area contributed by atoms with Gasteiger partial charge in [0.2, 0.25) is 0 Å². The summed E-state index contributed by atoms with van der Waals surface area (Å²) in [4.78, 5) is 10.6. The van der Waals surface area contributed by atoms with Crippen LogP contribution in [0.1, 0.15) is 26.7 Å². The first-order valence-electron chi connectivity index (χ1n) is 5.39. The molecule has 0 amide bonds. The van der Waals surface area contributed by atoms with Crippen LogP contribution >= 0.6 is 0 Å². The standard InChI is InChI=1S/C10H18O5S/c1-7(10(11)12)5-16(13,14)6-9-4-3-8(2)15-9/h7-9H,3-6H2,1-2H3,(H,11,12). The molecule has 0 radical (unpaired) electrons. The molecule has 0 spiro atoms. The van der Waals surface area contributed by atoms with Crippen molar-refractivity contribution in [3.05, 3.63) is 0 Å². The molecule has 3 unspecified atom stereocenters. The average molecular weight is 250 g/mol. The van der Waals surface area contributed by atoms with Crippen molar-refractivity contribution in [3.8, 4) is 0 Å². The van der Waals surface area contributed by atoms with E-state index < -0.39 is 21.7 Å². The molecule has 16 heavy (non-hydrogen) atoms. The fraction of sp³-hybridized carbons (Fsp3) is 0.900. The van der Waals surface area contributed by atoms with Crippen LogP contribution in [0.5, 0.6) is 0 Å². The predicted octanol–water partition coefficient (Wildman–Crippen LogP) is 0.689. The molecule has 0 bridgehead atoms. The SMILES string of the molecule is CC1CCC(CS(=O)(=O)CC(C)C(=O)O)O1. The molecule has 1 fully saturated rings. The monoisotopic (exact) mass is 250 g/mol. The molecule has 1 aliphatic rings. The lowest BCUT2D eigenvalue weighted by atomic mass is 10.2. The molecular formula is C10H18O5S. The minimum atomic E-state index is -3.34. The Balaban J connectivity index is 2.49. The maximum atomic E-state index is 11.7. The first-order valence-corrected chi connectivity index (χ1v) is 7.21. The second-order valence-electron chi connectivity index (χ2n) is 4.46. The molecule has 94 valence electrons. The highest BCUT2D eigenvalue weighted by molar-refractivity contribution is 7.91. The maximum absolute atomic E-state index is 11.7. The Kier molecular flexibility index (Phi) is 4.32. The Morgan fingerprint density at radius 2 is 2.12 bits per heavy atom. The molecule has 0 aromatic carbocycles. The van der Waals surface area contributed by atoms with Gasteiger partial charge in [0, 0.05) is 0 Å². The summed E-state index contributed by atoms with van der Waals surface area (Å²) in [6.07, 6.45) is 1.45. The van der Waals surface area contributed by atoms with Gasteiger partial charge in [0.05, 0.1) is 29.6 Å². The van der Waals surface area contributed by atoms with Gasteiger partial charge in [-0.05, 0) is 19.8 Å². The van der Waals surface area contributed by atoms with Crippen molar-refractivity contribution in [3.63, 3.8) is 0 Å². The zero-order valence-electron chi connectivity index (χ0n) is 9.55. The number of hydrogen-bond donors (Lipinski definition) is 1. The van der Waals surface area contributed by atoms with Crippen LogP contribution in [0.3, 0.4) is 0 Å². The lowest BCUT2D eigenvalue weighted by Crippen LogP contribution is -2.28. The van der Waals surface area contributed by atoms with Crippen LogP contribution < -0.4 is 0 Å². The molecule has 1 saturated heterocycles. The van der Waals surface area contributed by atoms with Gasteiger partial charge in [-0.25, -0.2) is 8.42 Å². The van der Waals surface area contributed by atoms with Gasteiger partial charge in [-0.1, -0.05) is 6.92 Å². The minimum absolute atomic E-state index is 0.0606. The first kappa shape index (κ1) is 13.4. The molecule has 1 N–H and O–H groups in total. The van der Waals surface area contributed by atoms with Crippen LogP contribution in [-0.4, -0.2) is 43.2 Å². The number of carbonyl (C=O) groups is 1. The van der Waals surface area contributed by atoms with Crippen molar-refractivity contribution in [2.24, 2.45) is 5.92 Å². The van der Waals surface area contributed by atoms with E-state index in [-0.39, 0.29) is 23.7 Å². The van der Waals surface area contributed by atoms with Gasteiger partial charge in [0.25, 0.3) is 0 Å². The van der Waals surface area contributed by atoms with Crippen molar-refractivity contribution < 1.29 is 23.1 Å². The summed E-state index contributed by atoms with van der Waals surface area (Å²) in [5.41, 5.74) is 0. The van der Waals surface area contributed by atoms with E-state index in [9.17, 15) is 13.2 Å². The average Bonchev–Trinajstić information content (AvgIpc) is 2.48. The van der Waals surface area contributed by atoms with E-state index in [0.29, 0.717) is 0 Å². The van der Waals surface area contributed by atoms with Crippen molar-refractivity contribution in [1.29, 1.82) is 0 Å². The minimum Gasteiger partial charge on any atom is -0.481 e. The van der Waals surface area contributed by atoms with Gasteiger partial charge in [0.15, 0.2) is 9.84 Å². The third-order valence-corrected chi connectivity index (χ3v) is 4.57. The Labute approximate surface area is 95.7 Å². The number of sulfone groups is 1. The Morgan fingerprint density at radius 3 is 2.56 bits per heavy atom. The molecule has 0 saturated carbocycles. The molecule has 0 aromatic heterocycles. The zero-order chi connectivity index (χ0) is 12.3. The van der Waals surface area contributed by atoms with Crippen LogP contribution in [0.25, 0.3) is 0 Å². The summed E-state index contributed by atoms with van der Waals surface area (Å²) in [6.45, 7) is 3.31. The van der Waals surface area contributed by atoms with Crippen LogP contribution in [0.4, 0.5) is 0 Å². The van der Waals surface area contributed by atoms with Gasteiger partial charge in [-0.15, -0.1) is 0 Å². The first-order chi connectivity index (χ1) is 7.30. The van der Waals surface area contributed by atoms with Crippen molar-refractivity contribution in [2.75, 3.05) is 11.5 Å². The second kappa shape index (κ2) is 5.14. The van der Waals surface area contributed by atoms with Crippen molar-refractivity contribution >= 4 is 15.8 Å². The lowest BCUT2D eigenvalue weighted by molar-refractivity contribution is -0.140. The van der Waals surface area contributed by atoms with E-state index in [1.807, 2.05) is 6.92 Å². The molecule has 1 rings (SSSR count). The van der Waals surface area contributed by atoms with Crippen LogP contribution in [-0.2, 0) is 19.4 Å². The van der Waals surface area contributed by atoms with Crippen molar-refractivity contribution in [2.45, 2.75) is 38.9 Å². The van der Waals surface area contributed by atoms with Crippen molar-refractivity contribution in [1.82, 2.24) is 0 Å². The smallest absolute Gasteiger partial charge is 0.307 e. The van der Waals surface area contributed by atoms with Crippen LogP contribution in [0.2, 0.25) is 0 Å². The molecule has 1 heterocycles. The second-order valence-corrected chi connectivity index (χ2v) is 6.62. The van der Waals surface area contributed by atoms with E-state index in [1.54, 1.807) is 0 Å². The quantitative estimate of drug-likeness (QED) is 0.776. The fourth-order valence-electron chi connectivity index (χ4n) is 1.81. The fourth-order valence-corrected chi connectivity index (χ4v) is 3.66. The highest BCUT2D eigenvalue weighted by Crippen LogP contribution is 2.21. The molecule has 0 aliphatic carbocycles. The third kappa shape index (κ3) is 4.09. The highest BCUT2D eigenvalue weighted by atomic mass is 32.2. The zero-order valence-corrected chi connectivity index (χ0v) is 10.4. The van der Waals surface area contributed by atoms with Gasteiger partial charge >= 0.3 is 5.97 Å².